The van der Waals surface area contributed by atoms with E-state index >= 15 is 0 Å². The third kappa shape index (κ3) is 3.06. The highest BCUT2D eigenvalue weighted by atomic mass is 16.5. The van der Waals surface area contributed by atoms with E-state index in [2.05, 4.69) is 6.92 Å². The van der Waals surface area contributed by atoms with Crippen LogP contribution in [0.5, 0.6) is 11.5 Å². The van der Waals surface area contributed by atoms with Crippen molar-refractivity contribution in [1.29, 1.82) is 0 Å². The highest BCUT2D eigenvalue weighted by Crippen LogP contribution is 2.30. The highest BCUT2D eigenvalue weighted by molar-refractivity contribution is 5.81. The molecule has 0 aliphatic heterocycles. The molecule has 0 spiro atoms. The molecule has 0 amide bonds. The second-order valence-corrected chi connectivity index (χ2v) is 5.33. The van der Waals surface area contributed by atoms with Crippen LogP contribution in [0.3, 0.4) is 0 Å². The van der Waals surface area contributed by atoms with E-state index < -0.39 is 5.43 Å². The first-order valence-corrected chi connectivity index (χ1v) is 7.68. The molecule has 0 saturated carbocycles. The van der Waals surface area contributed by atoms with Gasteiger partial charge in [-0.15, -0.1) is 0 Å². The number of ether oxygens (including phenoxy) is 1. The van der Waals surface area contributed by atoms with E-state index in [1.54, 1.807) is 48.5 Å². The molecule has 0 saturated heterocycles. The second-order valence-electron chi connectivity index (χ2n) is 5.33. The Kier molecular flexibility index (Phi) is 4.33. The molecule has 1 aromatic heterocycles. The molecule has 0 aliphatic carbocycles. The fourth-order valence-corrected chi connectivity index (χ4v) is 2.36. The van der Waals surface area contributed by atoms with Gasteiger partial charge >= 0.3 is 0 Å². The average Bonchev–Trinajstić information content (AvgIpc) is 2.59. The lowest BCUT2D eigenvalue weighted by atomic mass is 10.1. The number of hydrogen-bond donors (Lipinski definition) is 1. The first-order valence-electron chi connectivity index (χ1n) is 7.68. The molecule has 3 aromatic rings. The van der Waals surface area contributed by atoms with E-state index in [0.717, 1.165) is 18.6 Å². The van der Waals surface area contributed by atoms with Gasteiger partial charge in [-0.05, 0) is 42.8 Å². The van der Waals surface area contributed by atoms with Gasteiger partial charge in [-0.2, -0.15) is 0 Å². The molecule has 1 heterocycles. The van der Waals surface area contributed by atoms with Gasteiger partial charge in [0.05, 0.1) is 12.0 Å². The lowest BCUT2D eigenvalue weighted by Gasteiger charge is -2.08. The van der Waals surface area contributed by atoms with Crippen LogP contribution in [0.25, 0.3) is 22.3 Å². The molecule has 0 bridgehead atoms. The van der Waals surface area contributed by atoms with Crippen molar-refractivity contribution >= 4 is 11.0 Å². The minimum absolute atomic E-state index is 0.175. The van der Waals surface area contributed by atoms with Crippen LogP contribution in [0.4, 0.5) is 0 Å². The monoisotopic (exact) mass is 310 g/mol. The zero-order valence-electron chi connectivity index (χ0n) is 12.9. The zero-order chi connectivity index (χ0) is 16.2. The van der Waals surface area contributed by atoms with Crippen molar-refractivity contribution in [2.24, 2.45) is 0 Å². The number of fused-ring (bicyclic) bond motifs is 1. The van der Waals surface area contributed by atoms with Crippen molar-refractivity contribution in [2.75, 3.05) is 6.61 Å². The summed E-state index contributed by atoms with van der Waals surface area (Å²) in [5.41, 5.74) is 0.659. The van der Waals surface area contributed by atoms with E-state index in [9.17, 15) is 9.90 Å². The molecule has 4 heteroatoms. The quantitative estimate of drug-likeness (QED) is 0.712. The molecule has 4 nitrogen and oxygen atoms in total. The maximum atomic E-state index is 12.2. The summed E-state index contributed by atoms with van der Waals surface area (Å²) in [7, 11) is 0. The van der Waals surface area contributed by atoms with E-state index in [0.29, 0.717) is 23.1 Å². The van der Waals surface area contributed by atoms with Gasteiger partial charge in [0.15, 0.2) is 5.76 Å². The van der Waals surface area contributed by atoms with E-state index in [4.69, 9.17) is 9.15 Å². The molecule has 23 heavy (non-hydrogen) atoms. The van der Waals surface area contributed by atoms with E-state index in [-0.39, 0.29) is 11.5 Å². The number of hydrogen-bond acceptors (Lipinski definition) is 4. The number of aromatic hydroxyl groups is 1. The Morgan fingerprint density at radius 2 is 1.83 bits per heavy atom. The van der Waals surface area contributed by atoms with Crippen molar-refractivity contribution in [3.05, 3.63) is 58.8 Å². The summed E-state index contributed by atoms with van der Waals surface area (Å²) >= 11 is 0. The van der Waals surface area contributed by atoms with E-state index in [1.165, 1.54) is 0 Å². The summed E-state index contributed by atoms with van der Waals surface area (Å²) in [6, 6.07) is 14.0. The Bertz CT molecular complexity index is 863. The van der Waals surface area contributed by atoms with Gasteiger partial charge in [0, 0.05) is 5.56 Å². The molecule has 2 aromatic carbocycles. The van der Waals surface area contributed by atoms with Gasteiger partial charge < -0.3 is 14.3 Å². The number of unbranched alkanes of at least 4 members (excludes halogenated alkanes) is 1. The maximum absolute atomic E-state index is 12.2. The third-order valence-electron chi connectivity index (χ3n) is 3.66. The van der Waals surface area contributed by atoms with Gasteiger partial charge in [-0.25, -0.2) is 0 Å². The molecule has 1 N–H and O–H groups in total. The second kappa shape index (κ2) is 6.57. The summed E-state index contributed by atoms with van der Waals surface area (Å²) in [6.07, 6.45) is 2.08. The van der Waals surface area contributed by atoms with Crippen LogP contribution in [0.2, 0.25) is 0 Å². The molecule has 0 radical (unpaired) electrons. The van der Waals surface area contributed by atoms with Crippen molar-refractivity contribution in [3.63, 3.8) is 0 Å². The van der Waals surface area contributed by atoms with Gasteiger partial charge in [-0.1, -0.05) is 25.5 Å². The van der Waals surface area contributed by atoms with E-state index in [1.807, 2.05) is 0 Å². The standard InChI is InChI=1S/C19H18O4/c1-2-3-12-22-14-10-8-13(9-11-14)19-18(21)17(20)15-6-4-5-7-16(15)23-19/h4-11,21H,2-3,12H2,1H3. The summed E-state index contributed by atoms with van der Waals surface area (Å²) < 4.78 is 11.3. The van der Waals surface area contributed by atoms with Gasteiger partial charge in [0.1, 0.15) is 11.3 Å². The van der Waals surface area contributed by atoms with Crippen LogP contribution in [0, 0.1) is 0 Å². The van der Waals surface area contributed by atoms with Gasteiger partial charge in [-0.3, -0.25) is 4.79 Å². The van der Waals surface area contributed by atoms with Gasteiger partial charge in [0.25, 0.3) is 0 Å². The van der Waals surface area contributed by atoms with Crippen LogP contribution >= 0.6 is 0 Å². The average molecular weight is 310 g/mol. The fourth-order valence-electron chi connectivity index (χ4n) is 2.36. The predicted molar refractivity (Wildman–Crippen MR) is 90.0 cm³/mol. The van der Waals surface area contributed by atoms with Crippen LogP contribution in [-0.2, 0) is 0 Å². The molecule has 0 fully saturated rings. The van der Waals surface area contributed by atoms with Crippen LogP contribution in [0.15, 0.2) is 57.7 Å². The third-order valence-corrected chi connectivity index (χ3v) is 3.66. The Hall–Kier alpha value is -2.75. The van der Waals surface area contributed by atoms with Crippen LogP contribution in [-0.4, -0.2) is 11.7 Å². The predicted octanol–water partition coefficient (Wildman–Crippen LogP) is 4.34. The highest BCUT2D eigenvalue weighted by Gasteiger charge is 2.14. The summed E-state index contributed by atoms with van der Waals surface area (Å²) in [5, 5.41) is 10.5. The minimum atomic E-state index is -0.426. The Morgan fingerprint density at radius 3 is 2.57 bits per heavy atom. The lowest BCUT2D eigenvalue weighted by molar-refractivity contribution is 0.309. The van der Waals surface area contributed by atoms with Crippen molar-refractivity contribution < 1.29 is 14.3 Å². The molecular formula is C19H18O4. The molecular weight excluding hydrogens is 292 g/mol. The summed E-state index contributed by atoms with van der Waals surface area (Å²) in [6.45, 7) is 2.78. The van der Waals surface area contributed by atoms with Crippen molar-refractivity contribution in [1.82, 2.24) is 0 Å². The molecule has 0 unspecified atom stereocenters. The Balaban J connectivity index is 1.97. The van der Waals surface area contributed by atoms with Crippen LogP contribution < -0.4 is 10.2 Å². The fraction of sp³-hybridized carbons (Fsp3) is 0.211. The largest absolute Gasteiger partial charge is 0.502 e. The SMILES string of the molecule is CCCCOc1ccc(-c2oc3ccccc3c(=O)c2O)cc1. The van der Waals surface area contributed by atoms with Crippen molar-refractivity contribution in [2.45, 2.75) is 19.8 Å². The Morgan fingerprint density at radius 1 is 1.09 bits per heavy atom. The first kappa shape index (κ1) is 15.2. The molecule has 118 valence electrons. The molecule has 0 aliphatic rings. The first-order chi connectivity index (χ1) is 11.2. The topological polar surface area (TPSA) is 59.7 Å². The molecule has 3 rings (SSSR count). The summed E-state index contributed by atoms with van der Waals surface area (Å²) in [5.74, 6) is 0.557. The Labute approximate surface area is 134 Å². The minimum Gasteiger partial charge on any atom is -0.502 e. The van der Waals surface area contributed by atoms with Gasteiger partial charge in [0.2, 0.25) is 11.2 Å². The lowest BCUT2D eigenvalue weighted by Crippen LogP contribution is -2.02. The molecule has 0 atom stereocenters. The number of para-hydroxylation sites is 1. The van der Waals surface area contributed by atoms with Crippen LogP contribution in [0.1, 0.15) is 19.8 Å². The smallest absolute Gasteiger partial charge is 0.235 e. The zero-order valence-corrected chi connectivity index (χ0v) is 12.9. The normalized spacial score (nSPS) is 10.8. The maximum Gasteiger partial charge on any atom is 0.235 e. The number of benzene rings is 2. The summed E-state index contributed by atoms with van der Waals surface area (Å²) in [4.78, 5) is 12.2. The van der Waals surface area contributed by atoms with Crippen molar-refractivity contribution in [3.8, 4) is 22.8 Å². The number of rotatable bonds is 5.